The van der Waals surface area contributed by atoms with Crippen LogP contribution < -0.4 is 0 Å². The molecule has 0 fully saturated rings. The molecule has 0 unspecified atom stereocenters. The minimum atomic E-state index is -0.599. The summed E-state index contributed by atoms with van der Waals surface area (Å²) in [4.78, 5) is 45.9. The van der Waals surface area contributed by atoms with Crippen molar-refractivity contribution >= 4 is 39.3 Å². The number of fused-ring (bicyclic) bond motifs is 2. The van der Waals surface area contributed by atoms with Gasteiger partial charge < -0.3 is 4.84 Å². The third-order valence-corrected chi connectivity index (χ3v) is 5.41. The third kappa shape index (κ3) is 3.46. The molecule has 4 rings (SSSR count). The Morgan fingerprint density at radius 1 is 0.963 bits per heavy atom. The fourth-order valence-corrected chi connectivity index (χ4v) is 3.98. The minimum Gasteiger partial charge on any atom is -0.330 e. The highest BCUT2D eigenvalue weighted by Crippen LogP contribution is 2.24. The van der Waals surface area contributed by atoms with Gasteiger partial charge in [0.25, 0.3) is 11.8 Å². The first-order chi connectivity index (χ1) is 13.1. The fraction of sp³-hybridized carbons (Fsp3) is 0.200. The van der Waals surface area contributed by atoms with Crippen molar-refractivity contribution in [3.63, 3.8) is 0 Å². The molecule has 0 saturated heterocycles. The molecule has 1 aromatic heterocycles. The van der Waals surface area contributed by atoms with Crippen molar-refractivity contribution in [2.75, 3.05) is 0 Å². The predicted molar refractivity (Wildman–Crippen MR) is 100 cm³/mol. The molecule has 0 radical (unpaired) electrons. The molecule has 27 heavy (non-hydrogen) atoms. The van der Waals surface area contributed by atoms with Gasteiger partial charge in [0.15, 0.2) is 0 Å². The van der Waals surface area contributed by atoms with Gasteiger partial charge in [0.1, 0.15) is 0 Å². The smallest absolute Gasteiger partial charge is 0.330 e. The second kappa shape index (κ2) is 7.28. The molecule has 0 spiro atoms. The first kappa shape index (κ1) is 17.4. The number of hydroxylamine groups is 2. The zero-order valence-electron chi connectivity index (χ0n) is 14.4. The van der Waals surface area contributed by atoms with E-state index in [2.05, 4.69) is 4.98 Å². The van der Waals surface area contributed by atoms with Crippen LogP contribution in [0.5, 0.6) is 0 Å². The summed E-state index contributed by atoms with van der Waals surface area (Å²) in [5, 5.41) is 1.59. The molecule has 0 N–H and O–H groups in total. The number of para-hydroxylation sites is 1. The molecule has 1 aliphatic heterocycles. The number of hydrogen-bond acceptors (Lipinski definition) is 6. The van der Waals surface area contributed by atoms with Crippen molar-refractivity contribution in [3.05, 3.63) is 64.7 Å². The van der Waals surface area contributed by atoms with Crippen LogP contribution in [0.3, 0.4) is 0 Å². The number of unbranched alkanes of at least 4 members (excludes halogenated alkanes) is 1. The average Bonchev–Trinajstić information content (AvgIpc) is 3.20. The van der Waals surface area contributed by atoms with Crippen LogP contribution in [0.15, 0.2) is 48.5 Å². The Morgan fingerprint density at radius 3 is 2.33 bits per heavy atom. The Hall–Kier alpha value is -3.06. The largest absolute Gasteiger partial charge is 0.333 e. The number of nitrogens with zero attached hydrogens (tertiary/aromatic N) is 2. The first-order valence-corrected chi connectivity index (χ1v) is 9.48. The van der Waals surface area contributed by atoms with Crippen LogP contribution in [0.25, 0.3) is 10.2 Å². The van der Waals surface area contributed by atoms with Gasteiger partial charge in [-0.3, -0.25) is 9.59 Å². The second-order valence-corrected chi connectivity index (χ2v) is 7.31. The summed E-state index contributed by atoms with van der Waals surface area (Å²) in [5.41, 5.74) is 1.50. The maximum absolute atomic E-state index is 12.2. The van der Waals surface area contributed by atoms with Crippen LogP contribution in [0.2, 0.25) is 0 Å². The van der Waals surface area contributed by atoms with E-state index in [1.54, 1.807) is 35.6 Å². The molecule has 1 aliphatic rings. The third-order valence-electron chi connectivity index (χ3n) is 4.31. The zero-order chi connectivity index (χ0) is 18.8. The van der Waals surface area contributed by atoms with Crippen LogP contribution in [-0.2, 0) is 16.1 Å². The molecule has 3 aromatic rings. The normalized spacial score (nSPS) is 13.3. The van der Waals surface area contributed by atoms with E-state index in [9.17, 15) is 14.4 Å². The van der Waals surface area contributed by atoms with E-state index in [4.69, 9.17) is 4.84 Å². The molecule has 136 valence electrons. The SMILES string of the molecule is O=C(CCCCc1nc2ccccc2s1)ON1C(=O)c2ccccc2C1=O. The molecular formula is C20H16N2O4S. The van der Waals surface area contributed by atoms with E-state index < -0.39 is 17.8 Å². The van der Waals surface area contributed by atoms with Crippen LogP contribution in [0.1, 0.15) is 45.0 Å². The number of hydrogen-bond donors (Lipinski definition) is 0. The lowest BCUT2D eigenvalue weighted by atomic mass is 10.1. The van der Waals surface area contributed by atoms with Gasteiger partial charge >= 0.3 is 5.97 Å². The van der Waals surface area contributed by atoms with Crippen LogP contribution in [-0.4, -0.2) is 27.8 Å². The zero-order valence-corrected chi connectivity index (χ0v) is 15.2. The van der Waals surface area contributed by atoms with Crippen molar-refractivity contribution in [1.29, 1.82) is 0 Å². The van der Waals surface area contributed by atoms with Crippen molar-refractivity contribution in [2.24, 2.45) is 0 Å². The maximum atomic E-state index is 12.2. The monoisotopic (exact) mass is 380 g/mol. The van der Waals surface area contributed by atoms with E-state index in [0.29, 0.717) is 11.5 Å². The quantitative estimate of drug-likeness (QED) is 0.481. The lowest BCUT2D eigenvalue weighted by molar-refractivity contribution is -0.168. The summed E-state index contributed by atoms with van der Waals surface area (Å²) in [5.74, 6) is -1.79. The molecule has 2 aromatic carbocycles. The summed E-state index contributed by atoms with van der Waals surface area (Å²) in [6.07, 6.45) is 2.28. The Labute approximate surface area is 159 Å². The van der Waals surface area contributed by atoms with Crippen molar-refractivity contribution in [2.45, 2.75) is 25.7 Å². The molecule has 0 aliphatic carbocycles. The summed E-state index contributed by atoms with van der Waals surface area (Å²) in [6.45, 7) is 0. The average molecular weight is 380 g/mol. The molecular weight excluding hydrogens is 364 g/mol. The Balaban J connectivity index is 1.27. The summed E-state index contributed by atoms with van der Waals surface area (Å²) < 4.78 is 1.15. The van der Waals surface area contributed by atoms with Crippen molar-refractivity contribution in [1.82, 2.24) is 10.0 Å². The topological polar surface area (TPSA) is 76.6 Å². The predicted octanol–water partition coefficient (Wildman–Crippen LogP) is 3.76. The van der Waals surface area contributed by atoms with Crippen LogP contribution in [0.4, 0.5) is 0 Å². The Morgan fingerprint density at radius 2 is 1.63 bits per heavy atom. The van der Waals surface area contributed by atoms with Crippen molar-refractivity contribution < 1.29 is 19.2 Å². The van der Waals surface area contributed by atoms with E-state index in [-0.39, 0.29) is 17.5 Å². The van der Waals surface area contributed by atoms with E-state index in [1.165, 1.54) is 0 Å². The number of imide groups is 1. The van der Waals surface area contributed by atoms with Gasteiger partial charge in [0.05, 0.1) is 26.4 Å². The molecule has 0 saturated carbocycles. The lowest BCUT2D eigenvalue weighted by Gasteiger charge is -2.12. The van der Waals surface area contributed by atoms with Gasteiger partial charge in [-0.25, -0.2) is 9.78 Å². The fourth-order valence-electron chi connectivity index (χ4n) is 2.97. The molecule has 2 heterocycles. The van der Waals surface area contributed by atoms with Crippen LogP contribution in [0, 0.1) is 0 Å². The van der Waals surface area contributed by atoms with Gasteiger partial charge in [-0.15, -0.1) is 11.3 Å². The highest BCUT2D eigenvalue weighted by Gasteiger charge is 2.38. The van der Waals surface area contributed by atoms with Crippen LogP contribution >= 0.6 is 11.3 Å². The number of benzene rings is 2. The molecule has 0 atom stereocenters. The second-order valence-electron chi connectivity index (χ2n) is 6.20. The summed E-state index contributed by atoms with van der Waals surface area (Å²) in [6, 6.07) is 14.4. The van der Waals surface area contributed by atoms with E-state index in [0.717, 1.165) is 28.1 Å². The van der Waals surface area contributed by atoms with Gasteiger partial charge in [0, 0.05) is 6.42 Å². The summed E-state index contributed by atoms with van der Waals surface area (Å²) >= 11 is 1.65. The highest BCUT2D eigenvalue weighted by atomic mass is 32.1. The molecule has 6 nitrogen and oxygen atoms in total. The number of amides is 2. The number of aromatic nitrogens is 1. The Kier molecular flexibility index (Phi) is 4.68. The van der Waals surface area contributed by atoms with Gasteiger partial charge in [-0.2, -0.15) is 0 Å². The first-order valence-electron chi connectivity index (χ1n) is 8.66. The molecule has 7 heteroatoms. The van der Waals surface area contributed by atoms with Gasteiger partial charge in [0.2, 0.25) is 0 Å². The van der Waals surface area contributed by atoms with Gasteiger partial charge in [-0.1, -0.05) is 29.3 Å². The molecule has 0 bridgehead atoms. The lowest BCUT2D eigenvalue weighted by Crippen LogP contribution is -2.32. The van der Waals surface area contributed by atoms with Crippen molar-refractivity contribution in [3.8, 4) is 0 Å². The minimum absolute atomic E-state index is 0.137. The number of thiazole rings is 1. The maximum Gasteiger partial charge on any atom is 0.333 e. The number of rotatable bonds is 6. The van der Waals surface area contributed by atoms with E-state index >= 15 is 0 Å². The number of carbonyl (C=O) groups excluding carboxylic acids is 3. The number of carbonyl (C=O) groups is 3. The molecule has 2 amide bonds. The summed E-state index contributed by atoms with van der Waals surface area (Å²) in [7, 11) is 0. The van der Waals surface area contributed by atoms with E-state index in [1.807, 2.05) is 24.3 Å². The Bertz CT molecular complexity index is 975. The standard InChI is InChI=1S/C20H16N2O4S/c23-18(26-22-19(24)13-7-1-2-8-14(13)20(22)25)12-6-5-11-17-21-15-9-3-4-10-16(15)27-17/h1-4,7-10H,5-6,11-12H2. The van der Waals surface area contributed by atoms with Gasteiger partial charge in [-0.05, 0) is 43.5 Å². The highest BCUT2D eigenvalue weighted by molar-refractivity contribution is 7.18. The number of aryl methyl sites for hydroxylation is 1.